The first kappa shape index (κ1) is 15.9. The van der Waals surface area contributed by atoms with Crippen molar-refractivity contribution in [2.24, 2.45) is 0 Å². The number of hydrogen-bond donors (Lipinski definition) is 2. The zero-order valence-electron chi connectivity index (χ0n) is 14.3. The maximum absolute atomic E-state index is 12.4. The molecule has 3 aromatic rings. The van der Waals surface area contributed by atoms with Gasteiger partial charge < -0.3 is 15.0 Å². The molecule has 2 N–H and O–H groups in total. The van der Waals surface area contributed by atoms with E-state index in [1.807, 2.05) is 29.2 Å². The quantitative estimate of drug-likeness (QED) is 0.751. The van der Waals surface area contributed by atoms with Crippen LogP contribution in [-0.4, -0.2) is 33.4 Å². The number of anilines is 1. The summed E-state index contributed by atoms with van der Waals surface area (Å²) >= 11 is 0. The average molecular weight is 338 g/mol. The lowest BCUT2D eigenvalue weighted by Gasteiger charge is -2.08. The highest BCUT2D eigenvalue weighted by Crippen LogP contribution is 2.22. The first-order chi connectivity index (χ1) is 12.2. The van der Waals surface area contributed by atoms with Crippen molar-refractivity contribution in [2.45, 2.75) is 38.8 Å². The Labute approximate surface area is 146 Å². The molecule has 0 bridgehead atoms. The number of fused-ring (bicyclic) bond motifs is 1. The van der Waals surface area contributed by atoms with Crippen molar-refractivity contribution in [1.29, 1.82) is 0 Å². The SMILES string of the molecule is Cc1cccc2c(CC(=O)Nc3cnn(CC4CCCO4)c3)c[nH]c12. The fourth-order valence-electron chi connectivity index (χ4n) is 3.41. The highest BCUT2D eigenvalue weighted by atomic mass is 16.5. The molecule has 1 amide bonds. The molecule has 1 saturated heterocycles. The standard InChI is InChI=1S/C19H22N4O2/c1-13-4-2-6-17-14(9-20-19(13)17)8-18(24)22-15-10-21-23(11-15)12-16-5-3-7-25-16/h2,4,6,9-11,16,20H,3,5,7-8,12H2,1H3,(H,22,24). The number of nitrogens with one attached hydrogen (secondary N) is 2. The smallest absolute Gasteiger partial charge is 0.228 e. The molecule has 2 aromatic heterocycles. The minimum Gasteiger partial charge on any atom is -0.376 e. The molecule has 1 unspecified atom stereocenters. The highest BCUT2D eigenvalue weighted by Gasteiger charge is 2.17. The molecule has 130 valence electrons. The van der Waals surface area contributed by atoms with E-state index < -0.39 is 0 Å². The van der Waals surface area contributed by atoms with Gasteiger partial charge in [-0.15, -0.1) is 0 Å². The number of rotatable bonds is 5. The van der Waals surface area contributed by atoms with Crippen molar-refractivity contribution in [3.63, 3.8) is 0 Å². The third-order valence-corrected chi connectivity index (χ3v) is 4.69. The first-order valence-electron chi connectivity index (χ1n) is 8.68. The molecule has 1 aliphatic rings. The molecule has 1 fully saturated rings. The number of benzene rings is 1. The Morgan fingerprint density at radius 1 is 1.48 bits per heavy atom. The summed E-state index contributed by atoms with van der Waals surface area (Å²) < 4.78 is 7.45. The van der Waals surface area contributed by atoms with Gasteiger partial charge in [-0.3, -0.25) is 9.48 Å². The number of aromatic nitrogens is 3. The summed E-state index contributed by atoms with van der Waals surface area (Å²) in [5.41, 5.74) is 4.00. The predicted molar refractivity (Wildman–Crippen MR) is 96.6 cm³/mol. The Bertz CT molecular complexity index is 890. The molecule has 0 radical (unpaired) electrons. The molecule has 1 aromatic carbocycles. The van der Waals surface area contributed by atoms with E-state index in [2.05, 4.69) is 28.4 Å². The maximum Gasteiger partial charge on any atom is 0.228 e. The topological polar surface area (TPSA) is 71.9 Å². The number of aromatic amines is 1. The number of ether oxygens (including phenoxy) is 1. The second-order valence-corrected chi connectivity index (χ2v) is 6.62. The van der Waals surface area contributed by atoms with Gasteiger partial charge in [0.05, 0.1) is 31.0 Å². The first-order valence-corrected chi connectivity index (χ1v) is 8.68. The Balaban J connectivity index is 1.40. The van der Waals surface area contributed by atoms with Crippen LogP contribution in [0.4, 0.5) is 5.69 Å². The molecule has 0 spiro atoms. The van der Waals surface area contributed by atoms with E-state index in [0.29, 0.717) is 6.42 Å². The number of amides is 1. The maximum atomic E-state index is 12.4. The molecule has 6 heteroatoms. The number of hydrogen-bond acceptors (Lipinski definition) is 3. The Hall–Kier alpha value is -2.60. The van der Waals surface area contributed by atoms with Gasteiger partial charge in [0.2, 0.25) is 5.91 Å². The van der Waals surface area contributed by atoms with Crippen LogP contribution in [0, 0.1) is 6.92 Å². The molecule has 6 nitrogen and oxygen atoms in total. The van der Waals surface area contributed by atoms with Crippen LogP contribution < -0.4 is 5.32 Å². The molecular weight excluding hydrogens is 316 g/mol. The van der Waals surface area contributed by atoms with Crippen LogP contribution in [0.3, 0.4) is 0 Å². The van der Waals surface area contributed by atoms with E-state index in [1.54, 1.807) is 6.20 Å². The van der Waals surface area contributed by atoms with Gasteiger partial charge in [-0.1, -0.05) is 18.2 Å². The monoisotopic (exact) mass is 338 g/mol. The fraction of sp³-hybridized carbons (Fsp3) is 0.368. The van der Waals surface area contributed by atoms with Crippen molar-refractivity contribution in [2.75, 3.05) is 11.9 Å². The van der Waals surface area contributed by atoms with Crippen LogP contribution in [0.15, 0.2) is 36.8 Å². The zero-order chi connectivity index (χ0) is 17.2. The number of carbonyl (C=O) groups excluding carboxylic acids is 1. The summed E-state index contributed by atoms with van der Waals surface area (Å²) in [4.78, 5) is 15.6. The van der Waals surface area contributed by atoms with Crippen LogP contribution in [-0.2, 0) is 22.5 Å². The van der Waals surface area contributed by atoms with Crippen molar-refractivity contribution in [1.82, 2.24) is 14.8 Å². The Morgan fingerprint density at radius 3 is 3.24 bits per heavy atom. The fourth-order valence-corrected chi connectivity index (χ4v) is 3.41. The molecule has 1 aliphatic heterocycles. The number of carbonyl (C=O) groups is 1. The normalized spacial score (nSPS) is 17.2. The van der Waals surface area contributed by atoms with Gasteiger partial charge in [0.15, 0.2) is 0 Å². The van der Waals surface area contributed by atoms with Crippen LogP contribution in [0.5, 0.6) is 0 Å². The van der Waals surface area contributed by atoms with Gasteiger partial charge in [-0.2, -0.15) is 5.10 Å². The number of para-hydroxylation sites is 1. The molecule has 0 saturated carbocycles. The van der Waals surface area contributed by atoms with E-state index in [9.17, 15) is 4.79 Å². The van der Waals surface area contributed by atoms with Crippen LogP contribution in [0.2, 0.25) is 0 Å². The second kappa shape index (κ2) is 6.72. The lowest BCUT2D eigenvalue weighted by atomic mass is 10.1. The third kappa shape index (κ3) is 3.44. The van der Waals surface area contributed by atoms with Crippen molar-refractivity contribution in [3.8, 4) is 0 Å². The van der Waals surface area contributed by atoms with Gasteiger partial charge in [0, 0.05) is 29.9 Å². The van der Waals surface area contributed by atoms with E-state index in [4.69, 9.17) is 4.74 Å². The van der Waals surface area contributed by atoms with Gasteiger partial charge in [-0.25, -0.2) is 0 Å². The summed E-state index contributed by atoms with van der Waals surface area (Å²) in [6, 6.07) is 6.12. The van der Waals surface area contributed by atoms with Gasteiger partial charge >= 0.3 is 0 Å². The van der Waals surface area contributed by atoms with Crippen molar-refractivity contribution in [3.05, 3.63) is 47.9 Å². The summed E-state index contributed by atoms with van der Waals surface area (Å²) in [6.45, 7) is 3.63. The molecule has 3 heterocycles. The minimum atomic E-state index is -0.0425. The summed E-state index contributed by atoms with van der Waals surface area (Å²) in [6.07, 6.45) is 8.21. The third-order valence-electron chi connectivity index (χ3n) is 4.69. The highest BCUT2D eigenvalue weighted by molar-refractivity contribution is 5.96. The summed E-state index contributed by atoms with van der Waals surface area (Å²) in [5.74, 6) is -0.0425. The van der Waals surface area contributed by atoms with Crippen LogP contribution in [0.1, 0.15) is 24.0 Å². The van der Waals surface area contributed by atoms with Crippen LogP contribution >= 0.6 is 0 Å². The van der Waals surface area contributed by atoms with Gasteiger partial charge in [0.1, 0.15) is 0 Å². The Morgan fingerprint density at radius 2 is 2.40 bits per heavy atom. The largest absolute Gasteiger partial charge is 0.376 e. The minimum absolute atomic E-state index is 0.0425. The molecule has 1 atom stereocenters. The van der Waals surface area contributed by atoms with Crippen molar-refractivity contribution >= 4 is 22.5 Å². The van der Waals surface area contributed by atoms with E-state index in [-0.39, 0.29) is 12.0 Å². The molecule has 25 heavy (non-hydrogen) atoms. The predicted octanol–water partition coefficient (Wildman–Crippen LogP) is 3.03. The molecule has 0 aliphatic carbocycles. The molecular formula is C19H22N4O2. The summed E-state index contributed by atoms with van der Waals surface area (Å²) in [5, 5.41) is 8.34. The van der Waals surface area contributed by atoms with E-state index in [1.165, 1.54) is 5.56 Å². The lowest BCUT2D eigenvalue weighted by Crippen LogP contribution is -2.15. The van der Waals surface area contributed by atoms with E-state index in [0.717, 1.165) is 48.1 Å². The van der Waals surface area contributed by atoms with Crippen molar-refractivity contribution < 1.29 is 9.53 Å². The number of aryl methyl sites for hydroxylation is 1. The lowest BCUT2D eigenvalue weighted by molar-refractivity contribution is -0.115. The van der Waals surface area contributed by atoms with Gasteiger partial charge in [0.25, 0.3) is 0 Å². The number of nitrogens with zero attached hydrogens (tertiary/aromatic N) is 2. The zero-order valence-corrected chi connectivity index (χ0v) is 14.3. The van der Waals surface area contributed by atoms with E-state index >= 15 is 0 Å². The molecule has 4 rings (SSSR count). The number of H-pyrrole nitrogens is 1. The van der Waals surface area contributed by atoms with Gasteiger partial charge in [-0.05, 0) is 30.9 Å². The average Bonchev–Trinajstić information content (AvgIpc) is 3.31. The van der Waals surface area contributed by atoms with Crippen LogP contribution in [0.25, 0.3) is 10.9 Å². The second-order valence-electron chi connectivity index (χ2n) is 6.62. The Kier molecular flexibility index (Phi) is 4.28. The summed E-state index contributed by atoms with van der Waals surface area (Å²) in [7, 11) is 0.